The monoisotopic (exact) mass is 566 g/mol. The molecule has 0 aromatic heterocycles. The second-order valence-corrected chi connectivity index (χ2v) is 12.1. The molecular weight excluding hydrogens is 528 g/mol. The lowest BCUT2D eigenvalue weighted by Gasteiger charge is -2.66. The Morgan fingerprint density at radius 2 is 1.88 bits per heavy atom. The fourth-order valence-corrected chi connectivity index (χ4v) is 8.71. The molecule has 6 atom stereocenters. The van der Waals surface area contributed by atoms with Gasteiger partial charge < -0.3 is 33.5 Å². The molecule has 10 nitrogen and oxygen atoms in total. The standard InChI is InChI=1S/C31H38N2O8/c1-14-8-19-24(30(26(14)37-7)38-12-36-6)25-20-9-18-23(29-28(39-13-40-29)15(2)27(18)41-17(4)35)22(11-34)32(20)16(3)21-10-31(19,5)33(21)25/h8,16,20-22,25,34H,9-13H2,1-7H3/t16-,20-,21-,22-,25-,31?/m0/s1. The van der Waals surface area contributed by atoms with Gasteiger partial charge in [0.1, 0.15) is 5.75 Å². The zero-order chi connectivity index (χ0) is 29.0. The van der Waals surface area contributed by atoms with Crippen molar-refractivity contribution in [3.05, 3.63) is 39.4 Å². The fraction of sp³-hybridized carbons (Fsp3) is 0.581. The maximum absolute atomic E-state index is 12.3. The predicted octanol–water partition coefficient (Wildman–Crippen LogP) is 3.66. The molecule has 2 aromatic carbocycles. The minimum Gasteiger partial charge on any atom is -0.493 e. The Morgan fingerprint density at radius 3 is 2.56 bits per heavy atom. The van der Waals surface area contributed by atoms with E-state index in [4.69, 9.17) is 28.4 Å². The topological polar surface area (TPSA) is 99.2 Å². The Labute approximate surface area is 240 Å². The fourth-order valence-electron chi connectivity index (χ4n) is 8.71. The van der Waals surface area contributed by atoms with Crippen molar-refractivity contribution in [1.82, 2.24) is 9.80 Å². The summed E-state index contributed by atoms with van der Waals surface area (Å²) in [4.78, 5) is 17.4. The molecule has 0 aliphatic carbocycles. The number of aliphatic hydroxyl groups is 1. The summed E-state index contributed by atoms with van der Waals surface area (Å²) in [5, 5.41) is 11.0. The number of carbonyl (C=O) groups excluding carboxylic acids is 1. The van der Waals surface area contributed by atoms with E-state index in [1.165, 1.54) is 12.5 Å². The zero-order valence-electron chi connectivity index (χ0n) is 24.7. The van der Waals surface area contributed by atoms with E-state index in [9.17, 15) is 9.90 Å². The van der Waals surface area contributed by atoms with E-state index in [0.29, 0.717) is 35.2 Å². The number of hydrogen-bond acceptors (Lipinski definition) is 10. The number of rotatable bonds is 6. The van der Waals surface area contributed by atoms with E-state index in [2.05, 4.69) is 36.6 Å². The Kier molecular flexibility index (Phi) is 6.04. The molecule has 10 heteroatoms. The first kappa shape index (κ1) is 26.8. The number of nitrogens with zero attached hydrogens (tertiary/aromatic N) is 2. The number of aliphatic hydroxyl groups excluding tert-OH is 1. The van der Waals surface area contributed by atoms with Gasteiger partial charge in [0.2, 0.25) is 6.79 Å². The number of ether oxygens (including phenoxy) is 6. The van der Waals surface area contributed by atoms with Crippen molar-refractivity contribution in [2.24, 2.45) is 0 Å². The number of esters is 1. The van der Waals surface area contributed by atoms with Crippen LogP contribution in [0.2, 0.25) is 0 Å². The molecule has 7 rings (SSSR count). The summed E-state index contributed by atoms with van der Waals surface area (Å²) in [5.41, 5.74) is 5.73. The number of methoxy groups -OCH3 is 2. The van der Waals surface area contributed by atoms with Crippen LogP contribution in [0.1, 0.15) is 72.7 Å². The van der Waals surface area contributed by atoms with Crippen LogP contribution in [0.3, 0.4) is 0 Å². The average Bonchev–Trinajstić information content (AvgIpc) is 3.50. The van der Waals surface area contributed by atoms with Gasteiger partial charge in [0.15, 0.2) is 29.8 Å². The molecule has 0 radical (unpaired) electrons. The lowest BCUT2D eigenvalue weighted by molar-refractivity contribution is -0.191. The molecule has 0 bridgehead atoms. The first-order chi connectivity index (χ1) is 19.7. The molecule has 2 saturated heterocycles. The molecule has 0 spiro atoms. The summed E-state index contributed by atoms with van der Waals surface area (Å²) < 4.78 is 35.3. The van der Waals surface area contributed by atoms with Crippen molar-refractivity contribution in [3.8, 4) is 28.7 Å². The van der Waals surface area contributed by atoms with Gasteiger partial charge >= 0.3 is 5.97 Å². The number of aryl methyl sites for hydroxylation is 1. The summed E-state index contributed by atoms with van der Waals surface area (Å²) in [6.45, 7) is 10.0. The van der Waals surface area contributed by atoms with Crippen LogP contribution in [0, 0.1) is 13.8 Å². The molecule has 5 heterocycles. The molecule has 1 unspecified atom stereocenters. The van der Waals surface area contributed by atoms with Gasteiger partial charge in [-0.2, -0.15) is 0 Å². The van der Waals surface area contributed by atoms with Crippen LogP contribution in [-0.4, -0.2) is 73.4 Å². The van der Waals surface area contributed by atoms with E-state index in [1.807, 2.05) is 6.92 Å². The predicted molar refractivity (Wildman–Crippen MR) is 148 cm³/mol. The highest BCUT2D eigenvalue weighted by Gasteiger charge is 2.68. The van der Waals surface area contributed by atoms with E-state index in [-0.39, 0.29) is 55.9 Å². The van der Waals surface area contributed by atoms with E-state index in [0.717, 1.165) is 34.2 Å². The van der Waals surface area contributed by atoms with Gasteiger partial charge in [-0.25, -0.2) is 0 Å². The summed E-state index contributed by atoms with van der Waals surface area (Å²) in [5.74, 6) is 2.76. The first-order valence-electron chi connectivity index (χ1n) is 14.3. The minimum absolute atomic E-state index is 0.0376. The Bertz CT molecular complexity index is 1460. The molecule has 41 heavy (non-hydrogen) atoms. The summed E-state index contributed by atoms with van der Waals surface area (Å²) in [7, 11) is 3.29. The van der Waals surface area contributed by atoms with Crippen molar-refractivity contribution in [3.63, 3.8) is 0 Å². The Morgan fingerprint density at radius 1 is 1.12 bits per heavy atom. The molecule has 5 aliphatic heterocycles. The number of hydrogen-bond donors (Lipinski definition) is 1. The first-order valence-corrected chi connectivity index (χ1v) is 14.3. The molecule has 1 N–H and O–H groups in total. The lowest BCUT2D eigenvalue weighted by Crippen LogP contribution is -2.74. The molecule has 5 aliphatic rings. The highest BCUT2D eigenvalue weighted by molar-refractivity contribution is 5.74. The minimum atomic E-state index is -0.397. The van der Waals surface area contributed by atoms with Gasteiger partial charge in [0.25, 0.3) is 0 Å². The highest BCUT2D eigenvalue weighted by Crippen LogP contribution is 2.67. The number of benzene rings is 2. The third-order valence-electron chi connectivity index (χ3n) is 10.1. The second kappa shape index (κ2) is 9.22. The van der Waals surface area contributed by atoms with Crippen molar-refractivity contribution in [1.29, 1.82) is 0 Å². The van der Waals surface area contributed by atoms with Crippen LogP contribution in [0.15, 0.2) is 6.07 Å². The van der Waals surface area contributed by atoms with Crippen LogP contribution in [-0.2, 0) is 21.5 Å². The molecule has 220 valence electrons. The third-order valence-corrected chi connectivity index (χ3v) is 10.1. The number of carbonyl (C=O) groups is 1. The number of piperazine rings is 1. The Hall–Kier alpha value is -3.05. The van der Waals surface area contributed by atoms with Gasteiger partial charge in [0.05, 0.1) is 25.8 Å². The van der Waals surface area contributed by atoms with E-state index < -0.39 is 5.97 Å². The highest BCUT2D eigenvalue weighted by atomic mass is 16.7. The Balaban J connectivity index is 1.47. The van der Waals surface area contributed by atoms with Crippen LogP contribution in [0.4, 0.5) is 0 Å². The SMILES string of the molecule is COCOc1c(OC)c(C)cc2c1[C@@H]1[C@@H]3Cc4c(OC(C)=O)c(C)c5c(c4[C@H](CO)N3[C@@H](C)[C@@H]3CC2(C)N13)OCO5. The van der Waals surface area contributed by atoms with Crippen LogP contribution >= 0.6 is 0 Å². The van der Waals surface area contributed by atoms with Crippen LogP contribution in [0.25, 0.3) is 0 Å². The molecular formula is C31H38N2O8. The van der Waals surface area contributed by atoms with Gasteiger partial charge in [-0.3, -0.25) is 14.6 Å². The van der Waals surface area contributed by atoms with Crippen molar-refractivity contribution in [2.75, 3.05) is 34.4 Å². The largest absolute Gasteiger partial charge is 0.493 e. The maximum atomic E-state index is 12.3. The smallest absolute Gasteiger partial charge is 0.308 e. The van der Waals surface area contributed by atoms with Gasteiger partial charge in [0, 0.05) is 60.0 Å². The van der Waals surface area contributed by atoms with Gasteiger partial charge in [-0.15, -0.1) is 0 Å². The quantitative estimate of drug-likeness (QED) is 0.317. The lowest BCUT2D eigenvalue weighted by atomic mass is 9.70. The van der Waals surface area contributed by atoms with Gasteiger partial charge in [-0.05, 0) is 57.7 Å². The van der Waals surface area contributed by atoms with Crippen LogP contribution in [0.5, 0.6) is 28.7 Å². The summed E-state index contributed by atoms with van der Waals surface area (Å²) >= 11 is 0. The van der Waals surface area contributed by atoms with E-state index >= 15 is 0 Å². The van der Waals surface area contributed by atoms with Gasteiger partial charge in [-0.1, -0.05) is 0 Å². The molecule has 2 aromatic rings. The van der Waals surface area contributed by atoms with Crippen molar-refractivity contribution in [2.45, 2.75) is 83.2 Å². The molecule has 0 saturated carbocycles. The number of fused-ring (bicyclic) bond motifs is 8. The zero-order valence-corrected chi connectivity index (χ0v) is 24.7. The third kappa shape index (κ3) is 3.36. The van der Waals surface area contributed by atoms with Crippen LogP contribution < -0.4 is 23.7 Å². The summed E-state index contributed by atoms with van der Waals surface area (Å²) in [6, 6.07) is 2.26. The van der Waals surface area contributed by atoms with Crippen molar-refractivity contribution < 1.29 is 38.3 Å². The van der Waals surface area contributed by atoms with Crippen molar-refractivity contribution >= 4 is 5.97 Å². The molecule has 2 fully saturated rings. The maximum Gasteiger partial charge on any atom is 0.308 e. The summed E-state index contributed by atoms with van der Waals surface area (Å²) in [6.07, 6.45) is 1.59. The normalized spacial score (nSPS) is 30.6. The average molecular weight is 567 g/mol. The molecule has 0 amide bonds. The second-order valence-electron chi connectivity index (χ2n) is 12.1. The van der Waals surface area contributed by atoms with E-state index in [1.54, 1.807) is 14.2 Å².